The van der Waals surface area contributed by atoms with Gasteiger partial charge in [-0.1, -0.05) is 25.0 Å². The van der Waals surface area contributed by atoms with Crippen LogP contribution in [0.15, 0.2) is 12.2 Å². The van der Waals surface area contributed by atoms with Crippen LogP contribution in [-0.2, 0) is 4.79 Å². The van der Waals surface area contributed by atoms with Gasteiger partial charge < -0.3 is 5.32 Å². The van der Waals surface area contributed by atoms with Gasteiger partial charge in [-0.15, -0.1) is 0 Å². The SMILES string of the molecule is O=C(N[C@H]1CCN(C2CCCC2)C1)[C@H]1CC=CCC1. The highest BCUT2D eigenvalue weighted by Crippen LogP contribution is 2.27. The lowest BCUT2D eigenvalue weighted by Crippen LogP contribution is -2.42. The standard InChI is InChI=1S/C16H26N2O/c19-16(13-6-2-1-3-7-13)17-14-10-11-18(12-14)15-8-4-5-9-15/h1-2,13-15H,3-12H2,(H,17,19)/t13-,14-/m0/s1. The van der Waals surface area contributed by atoms with E-state index in [1.165, 1.54) is 32.2 Å². The van der Waals surface area contributed by atoms with Crippen LogP contribution >= 0.6 is 0 Å². The molecule has 3 nitrogen and oxygen atoms in total. The second kappa shape index (κ2) is 6.08. The van der Waals surface area contributed by atoms with E-state index in [0.29, 0.717) is 11.9 Å². The van der Waals surface area contributed by atoms with E-state index in [-0.39, 0.29) is 5.92 Å². The summed E-state index contributed by atoms with van der Waals surface area (Å²) in [4.78, 5) is 14.8. The molecular weight excluding hydrogens is 236 g/mol. The zero-order valence-electron chi connectivity index (χ0n) is 11.8. The maximum atomic E-state index is 12.2. The molecule has 1 amide bonds. The summed E-state index contributed by atoms with van der Waals surface area (Å²) in [5.41, 5.74) is 0. The molecular formula is C16H26N2O. The van der Waals surface area contributed by atoms with Gasteiger partial charge in [-0.2, -0.15) is 0 Å². The topological polar surface area (TPSA) is 32.3 Å². The van der Waals surface area contributed by atoms with Crippen molar-refractivity contribution in [2.45, 2.75) is 63.5 Å². The first kappa shape index (κ1) is 13.2. The van der Waals surface area contributed by atoms with Crippen molar-refractivity contribution in [3.8, 4) is 0 Å². The normalized spacial score (nSPS) is 32.8. The van der Waals surface area contributed by atoms with Gasteiger partial charge in [0.25, 0.3) is 0 Å². The Labute approximate surface area is 116 Å². The number of rotatable bonds is 3. The van der Waals surface area contributed by atoms with Crippen molar-refractivity contribution in [2.24, 2.45) is 5.92 Å². The van der Waals surface area contributed by atoms with Crippen molar-refractivity contribution >= 4 is 5.91 Å². The van der Waals surface area contributed by atoms with Crippen LogP contribution in [0.5, 0.6) is 0 Å². The Morgan fingerprint density at radius 2 is 1.95 bits per heavy atom. The third-order valence-corrected chi connectivity index (χ3v) is 5.05. The van der Waals surface area contributed by atoms with Crippen LogP contribution in [0.25, 0.3) is 0 Å². The van der Waals surface area contributed by atoms with E-state index in [9.17, 15) is 4.79 Å². The second-order valence-corrected chi connectivity index (χ2v) is 6.41. The maximum Gasteiger partial charge on any atom is 0.223 e. The summed E-state index contributed by atoms with van der Waals surface area (Å²) in [6, 6.07) is 1.21. The molecule has 0 aromatic heterocycles. The first-order valence-electron chi connectivity index (χ1n) is 8.02. The maximum absolute atomic E-state index is 12.2. The van der Waals surface area contributed by atoms with E-state index in [1.54, 1.807) is 0 Å². The Bertz CT molecular complexity index is 347. The molecule has 1 N–H and O–H groups in total. The quantitative estimate of drug-likeness (QED) is 0.793. The number of carbonyl (C=O) groups is 1. The lowest BCUT2D eigenvalue weighted by Gasteiger charge is -2.24. The summed E-state index contributed by atoms with van der Waals surface area (Å²) in [5.74, 6) is 0.521. The van der Waals surface area contributed by atoms with Gasteiger partial charge in [-0.05, 0) is 38.5 Å². The summed E-state index contributed by atoms with van der Waals surface area (Å²) in [6.45, 7) is 2.26. The van der Waals surface area contributed by atoms with Crippen LogP contribution in [0.3, 0.4) is 0 Å². The summed E-state index contributed by atoms with van der Waals surface area (Å²) in [6.07, 6.45) is 14.1. The zero-order valence-corrected chi connectivity index (χ0v) is 11.8. The van der Waals surface area contributed by atoms with Crippen LogP contribution in [0.1, 0.15) is 51.4 Å². The molecule has 1 heterocycles. The number of hydrogen-bond donors (Lipinski definition) is 1. The van der Waals surface area contributed by atoms with E-state index < -0.39 is 0 Å². The van der Waals surface area contributed by atoms with Crippen molar-refractivity contribution < 1.29 is 4.79 Å². The van der Waals surface area contributed by atoms with E-state index in [4.69, 9.17) is 0 Å². The summed E-state index contributed by atoms with van der Waals surface area (Å²) >= 11 is 0. The van der Waals surface area contributed by atoms with E-state index in [2.05, 4.69) is 22.4 Å². The Morgan fingerprint density at radius 3 is 2.68 bits per heavy atom. The number of nitrogens with one attached hydrogen (secondary N) is 1. The molecule has 1 saturated heterocycles. The van der Waals surface area contributed by atoms with Gasteiger partial charge in [0.2, 0.25) is 5.91 Å². The molecule has 0 spiro atoms. The minimum Gasteiger partial charge on any atom is -0.352 e. The number of hydrogen-bond acceptors (Lipinski definition) is 2. The smallest absolute Gasteiger partial charge is 0.223 e. The Kier molecular flexibility index (Phi) is 4.21. The highest BCUT2D eigenvalue weighted by atomic mass is 16.1. The molecule has 19 heavy (non-hydrogen) atoms. The summed E-state index contributed by atoms with van der Waals surface area (Å²) in [7, 11) is 0. The summed E-state index contributed by atoms with van der Waals surface area (Å²) in [5, 5.41) is 3.29. The number of allylic oxidation sites excluding steroid dienone is 2. The Balaban J connectivity index is 1.45. The van der Waals surface area contributed by atoms with E-state index in [0.717, 1.165) is 38.3 Å². The van der Waals surface area contributed by atoms with Gasteiger partial charge in [0.15, 0.2) is 0 Å². The molecule has 0 unspecified atom stereocenters. The van der Waals surface area contributed by atoms with Crippen LogP contribution in [0.4, 0.5) is 0 Å². The fraction of sp³-hybridized carbons (Fsp3) is 0.812. The van der Waals surface area contributed by atoms with Gasteiger partial charge in [-0.3, -0.25) is 9.69 Å². The highest BCUT2D eigenvalue weighted by Gasteiger charge is 2.31. The second-order valence-electron chi connectivity index (χ2n) is 6.41. The Hall–Kier alpha value is -0.830. The third kappa shape index (κ3) is 3.19. The molecule has 0 bridgehead atoms. The predicted octanol–water partition coefficient (Wildman–Crippen LogP) is 2.48. The van der Waals surface area contributed by atoms with Crippen molar-refractivity contribution in [2.75, 3.05) is 13.1 Å². The van der Waals surface area contributed by atoms with Gasteiger partial charge >= 0.3 is 0 Å². The Morgan fingerprint density at radius 1 is 1.11 bits per heavy atom. The van der Waals surface area contributed by atoms with Crippen LogP contribution < -0.4 is 5.32 Å². The first-order chi connectivity index (χ1) is 9.33. The fourth-order valence-electron chi connectivity index (χ4n) is 3.86. The molecule has 0 radical (unpaired) electrons. The third-order valence-electron chi connectivity index (χ3n) is 5.05. The van der Waals surface area contributed by atoms with Gasteiger partial charge in [0.1, 0.15) is 0 Å². The monoisotopic (exact) mass is 262 g/mol. The average Bonchev–Trinajstić information content (AvgIpc) is 3.10. The van der Waals surface area contributed by atoms with E-state index in [1.807, 2.05) is 0 Å². The molecule has 0 aromatic rings. The molecule has 2 aliphatic carbocycles. The molecule has 1 aliphatic heterocycles. The van der Waals surface area contributed by atoms with E-state index >= 15 is 0 Å². The average molecular weight is 262 g/mol. The lowest BCUT2D eigenvalue weighted by atomic mass is 9.93. The van der Waals surface area contributed by atoms with Crippen LogP contribution in [0.2, 0.25) is 0 Å². The molecule has 0 aromatic carbocycles. The number of amides is 1. The molecule has 106 valence electrons. The predicted molar refractivity (Wildman–Crippen MR) is 76.9 cm³/mol. The molecule has 3 rings (SSSR count). The van der Waals surface area contributed by atoms with Crippen molar-refractivity contribution in [3.63, 3.8) is 0 Å². The fourth-order valence-corrected chi connectivity index (χ4v) is 3.86. The van der Waals surface area contributed by atoms with Gasteiger partial charge in [0.05, 0.1) is 0 Å². The highest BCUT2D eigenvalue weighted by molar-refractivity contribution is 5.79. The zero-order chi connectivity index (χ0) is 13.1. The lowest BCUT2D eigenvalue weighted by molar-refractivity contribution is -0.125. The van der Waals surface area contributed by atoms with Gasteiger partial charge in [0, 0.05) is 31.1 Å². The minimum atomic E-state index is 0.227. The minimum absolute atomic E-state index is 0.227. The van der Waals surface area contributed by atoms with Gasteiger partial charge in [-0.25, -0.2) is 0 Å². The number of carbonyl (C=O) groups excluding carboxylic acids is 1. The van der Waals surface area contributed by atoms with Crippen molar-refractivity contribution in [3.05, 3.63) is 12.2 Å². The van der Waals surface area contributed by atoms with Crippen LogP contribution in [-0.4, -0.2) is 36.0 Å². The molecule has 3 heteroatoms. The number of likely N-dealkylation sites (tertiary alicyclic amines) is 1. The van der Waals surface area contributed by atoms with Crippen molar-refractivity contribution in [1.29, 1.82) is 0 Å². The first-order valence-corrected chi connectivity index (χ1v) is 8.02. The van der Waals surface area contributed by atoms with Crippen molar-refractivity contribution in [1.82, 2.24) is 10.2 Å². The summed E-state index contributed by atoms with van der Waals surface area (Å²) < 4.78 is 0. The molecule has 1 saturated carbocycles. The molecule has 3 aliphatic rings. The van der Waals surface area contributed by atoms with Crippen LogP contribution in [0, 0.1) is 5.92 Å². The molecule has 2 fully saturated rings. The number of nitrogens with zero attached hydrogens (tertiary/aromatic N) is 1. The largest absolute Gasteiger partial charge is 0.352 e. The molecule has 2 atom stereocenters.